The van der Waals surface area contributed by atoms with E-state index < -0.39 is 0 Å². The highest BCUT2D eigenvalue weighted by Gasteiger charge is 2.13. The Kier molecular flexibility index (Phi) is 6.08. The quantitative estimate of drug-likeness (QED) is 0.642. The number of rotatable bonds is 8. The number of methoxy groups -OCH3 is 1. The van der Waals surface area contributed by atoms with Crippen LogP contribution >= 0.6 is 0 Å². The van der Waals surface area contributed by atoms with E-state index in [1.807, 2.05) is 0 Å². The third-order valence-corrected chi connectivity index (χ3v) is 4.51. The van der Waals surface area contributed by atoms with Crippen molar-refractivity contribution in [1.82, 2.24) is 24.5 Å². The molecule has 1 aromatic carbocycles. The molecule has 0 unspecified atom stereocenters. The molecule has 8 heteroatoms. The highest BCUT2D eigenvalue weighted by molar-refractivity contribution is 5.76. The van der Waals surface area contributed by atoms with Crippen LogP contribution in [0.5, 0.6) is 5.75 Å². The molecule has 0 atom stereocenters. The van der Waals surface area contributed by atoms with Crippen LogP contribution in [0.3, 0.4) is 0 Å². The number of amides is 1. The van der Waals surface area contributed by atoms with E-state index in [1.165, 1.54) is 4.57 Å². The maximum absolute atomic E-state index is 12.8. The van der Waals surface area contributed by atoms with Gasteiger partial charge in [-0.1, -0.05) is 13.8 Å². The minimum atomic E-state index is -0.271. The Morgan fingerprint density at radius 3 is 2.61 bits per heavy atom. The number of aryl methyl sites for hydroxylation is 1. The molecule has 0 fully saturated rings. The first kappa shape index (κ1) is 19.6. The molecule has 8 nitrogen and oxygen atoms in total. The molecule has 0 aliphatic rings. The van der Waals surface area contributed by atoms with E-state index in [-0.39, 0.29) is 17.1 Å². The van der Waals surface area contributed by atoms with E-state index in [1.54, 1.807) is 48.2 Å². The smallest absolute Gasteiger partial charge is 0.300 e. The van der Waals surface area contributed by atoms with Crippen molar-refractivity contribution in [3.63, 3.8) is 0 Å². The molecule has 3 rings (SSSR count). The fourth-order valence-corrected chi connectivity index (χ4v) is 2.87. The summed E-state index contributed by atoms with van der Waals surface area (Å²) in [4.78, 5) is 24.7. The van der Waals surface area contributed by atoms with Gasteiger partial charge in [-0.25, -0.2) is 0 Å². The summed E-state index contributed by atoms with van der Waals surface area (Å²) < 4.78 is 8.29. The first-order valence-electron chi connectivity index (χ1n) is 9.36. The molecule has 148 valence electrons. The van der Waals surface area contributed by atoms with Crippen LogP contribution < -0.4 is 15.6 Å². The number of nitrogens with zero attached hydrogens (tertiary/aromatic N) is 4. The zero-order valence-corrected chi connectivity index (χ0v) is 16.4. The van der Waals surface area contributed by atoms with Crippen molar-refractivity contribution < 1.29 is 9.53 Å². The van der Waals surface area contributed by atoms with E-state index in [2.05, 4.69) is 29.4 Å². The minimum absolute atomic E-state index is 0.0241. The summed E-state index contributed by atoms with van der Waals surface area (Å²) in [7, 11) is 1.59. The zero-order valence-electron chi connectivity index (χ0n) is 16.4. The lowest BCUT2D eigenvalue weighted by molar-refractivity contribution is -0.121. The molecule has 2 aromatic heterocycles. The van der Waals surface area contributed by atoms with E-state index >= 15 is 0 Å². The number of hydrogen-bond acceptors (Lipinski definition) is 5. The standard InChI is InChI=1S/C20H25N5O3/c1-14(2)10-11-21-18(26)9-8-17-22-23-19-20(27)24(12-13-25(17)19)15-4-6-16(28-3)7-5-15/h4-7,12-14H,8-11H2,1-3H3,(H,21,26). The average molecular weight is 383 g/mol. The summed E-state index contributed by atoms with van der Waals surface area (Å²) in [6, 6.07) is 7.18. The van der Waals surface area contributed by atoms with Crippen LogP contribution in [0.15, 0.2) is 41.5 Å². The first-order valence-corrected chi connectivity index (χ1v) is 9.36. The Labute approximate surface area is 163 Å². The van der Waals surface area contributed by atoms with Gasteiger partial charge in [-0.3, -0.25) is 18.6 Å². The second kappa shape index (κ2) is 8.69. The Morgan fingerprint density at radius 2 is 1.93 bits per heavy atom. The molecule has 0 saturated heterocycles. The van der Waals surface area contributed by atoms with Crippen LogP contribution in [-0.4, -0.2) is 38.7 Å². The second-order valence-electron chi connectivity index (χ2n) is 7.01. The van der Waals surface area contributed by atoms with Crippen molar-refractivity contribution in [3.8, 4) is 11.4 Å². The number of hydrogen-bond donors (Lipinski definition) is 1. The van der Waals surface area contributed by atoms with Gasteiger partial charge in [0.2, 0.25) is 11.6 Å². The van der Waals surface area contributed by atoms with Gasteiger partial charge in [-0.15, -0.1) is 10.2 Å². The summed E-state index contributed by atoms with van der Waals surface area (Å²) in [5, 5.41) is 11.0. The lowest BCUT2D eigenvalue weighted by Crippen LogP contribution is -2.25. The normalized spacial score (nSPS) is 11.1. The van der Waals surface area contributed by atoms with Crippen LogP contribution in [0.2, 0.25) is 0 Å². The second-order valence-corrected chi connectivity index (χ2v) is 7.01. The molecular formula is C20H25N5O3. The van der Waals surface area contributed by atoms with Crippen LogP contribution in [0.25, 0.3) is 11.3 Å². The van der Waals surface area contributed by atoms with Crippen molar-refractivity contribution >= 4 is 11.6 Å². The Bertz CT molecular complexity index is 1000. The highest BCUT2D eigenvalue weighted by Crippen LogP contribution is 2.14. The molecule has 28 heavy (non-hydrogen) atoms. The van der Waals surface area contributed by atoms with Crippen molar-refractivity contribution in [3.05, 3.63) is 52.8 Å². The maximum Gasteiger partial charge on any atom is 0.300 e. The number of carbonyl (C=O) groups excluding carboxylic acids is 1. The lowest BCUT2D eigenvalue weighted by Gasteiger charge is -2.08. The van der Waals surface area contributed by atoms with Gasteiger partial charge in [0.25, 0.3) is 0 Å². The van der Waals surface area contributed by atoms with Gasteiger partial charge >= 0.3 is 5.56 Å². The Morgan fingerprint density at radius 1 is 1.18 bits per heavy atom. The zero-order chi connectivity index (χ0) is 20.1. The maximum atomic E-state index is 12.8. The molecule has 0 spiro atoms. The molecule has 1 amide bonds. The third-order valence-electron chi connectivity index (χ3n) is 4.51. The summed E-state index contributed by atoms with van der Waals surface area (Å²) >= 11 is 0. The van der Waals surface area contributed by atoms with Crippen LogP contribution in [0.4, 0.5) is 0 Å². The van der Waals surface area contributed by atoms with E-state index in [4.69, 9.17) is 4.74 Å². The van der Waals surface area contributed by atoms with Gasteiger partial charge < -0.3 is 10.1 Å². The fraction of sp³-hybridized carbons (Fsp3) is 0.400. The summed E-state index contributed by atoms with van der Waals surface area (Å²) in [5.74, 6) is 1.83. The molecule has 0 aliphatic heterocycles. The highest BCUT2D eigenvalue weighted by atomic mass is 16.5. The fourth-order valence-electron chi connectivity index (χ4n) is 2.87. The van der Waals surface area contributed by atoms with Gasteiger partial charge in [0, 0.05) is 37.5 Å². The van der Waals surface area contributed by atoms with Gasteiger partial charge in [0.05, 0.1) is 7.11 Å². The molecular weight excluding hydrogens is 358 g/mol. The van der Waals surface area contributed by atoms with Gasteiger partial charge in [0.15, 0.2) is 0 Å². The SMILES string of the molecule is COc1ccc(-n2ccn3c(CCC(=O)NCCC(C)C)nnc3c2=O)cc1. The molecule has 1 N–H and O–H groups in total. The molecule has 3 aromatic rings. The largest absolute Gasteiger partial charge is 0.497 e. The summed E-state index contributed by atoms with van der Waals surface area (Å²) in [6.07, 6.45) is 5.09. The lowest BCUT2D eigenvalue weighted by atomic mass is 10.1. The minimum Gasteiger partial charge on any atom is -0.497 e. The van der Waals surface area contributed by atoms with Crippen molar-refractivity contribution in [2.24, 2.45) is 5.92 Å². The first-order chi connectivity index (χ1) is 13.5. The summed E-state index contributed by atoms with van der Waals surface area (Å²) in [5.41, 5.74) is 0.670. The number of benzene rings is 1. The van der Waals surface area contributed by atoms with Crippen molar-refractivity contribution in [2.75, 3.05) is 13.7 Å². The number of carbonyl (C=O) groups is 1. The molecule has 2 heterocycles. The molecule has 0 aliphatic carbocycles. The number of aromatic nitrogens is 4. The predicted molar refractivity (Wildman–Crippen MR) is 106 cm³/mol. The van der Waals surface area contributed by atoms with Crippen molar-refractivity contribution in [1.29, 1.82) is 0 Å². The van der Waals surface area contributed by atoms with Crippen molar-refractivity contribution in [2.45, 2.75) is 33.1 Å². The van der Waals surface area contributed by atoms with Crippen LogP contribution in [0.1, 0.15) is 32.5 Å². The Hall–Kier alpha value is -3.16. The molecule has 0 radical (unpaired) electrons. The monoisotopic (exact) mass is 383 g/mol. The van der Waals surface area contributed by atoms with E-state index in [9.17, 15) is 9.59 Å². The average Bonchev–Trinajstić information content (AvgIpc) is 3.10. The molecule has 0 bridgehead atoms. The van der Waals surface area contributed by atoms with Gasteiger partial charge in [-0.05, 0) is 36.6 Å². The third kappa shape index (κ3) is 4.39. The van der Waals surface area contributed by atoms with Gasteiger partial charge in [-0.2, -0.15) is 0 Å². The molecule has 0 saturated carbocycles. The number of fused-ring (bicyclic) bond motifs is 1. The summed E-state index contributed by atoms with van der Waals surface area (Å²) in [6.45, 7) is 4.91. The topological polar surface area (TPSA) is 90.5 Å². The number of ether oxygens (including phenoxy) is 1. The predicted octanol–water partition coefficient (Wildman–Crippen LogP) is 1.98. The Balaban J connectivity index is 1.73. The number of nitrogens with one attached hydrogen (secondary N) is 1. The van der Waals surface area contributed by atoms with E-state index in [0.717, 1.165) is 6.42 Å². The van der Waals surface area contributed by atoms with Crippen LogP contribution in [0, 0.1) is 5.92 Å². The van der Waals surface area contributed by atoms with Crippen LogP contribution in [-0.2, 0) is 11.2 Å². The van der Waals surface area contributed by atoms with E-state index in [0.29, 0.717) is 42.6 Å². The van der Waals surface area contributed by atoms with Gasteiger partial charge in [0.1, 0.15) is 11.6 Å².